The molecule has 3 rings (SSSR count). The van der Waals surface area contributed by atoms with Crippen LogP contribution in [0.5, 0.6) is 11.5 Å². The Kier molecular flexibility index (Phi) is 7.43. The number of hydrogen-bond donors (Lipinski definition) is 0. The van der Waals surface area contributed by atoms with Crippen molar-refractivity contribution in [3.8, 4) is 11.5 Å². The van der Waals surface area contributed by atoms with Crippen molar-refractivity contribution < 1.29 is 9.47 Å². The maximum Gasteiger partial charge on any atom is 0.180 e. The third-order valence-corrected chi connectivity index (χ3v) is 4.92. The lowest BCUT2D eigenvalue weighted by Gasteiger charge is -2.14. The highest BCUT2D eigenvalue weighted by molar-refractivity contribution is 6.32. The molecule has 0 fully saturated rings. The highest BCUT2D eigenvalue weighted by Crippen LogP contribution is 2.37. The summed E-state index contributed by atoms with van der Waals surface area (Å²) in [5, 5.41) is 1.77. The summed E-state index contributed by atoms with van der Waals surface area (Å²) in [6, 6.07) is 16.7. The van der Waals surface area contributed by atoms with Crippen molar-refractivity contribution in [3.05, 3.63) is 86.4 Å². The third-order valence-electron chi connectivity index (χ3n) is 4.15. The van der Waals surface area contributed by atoms with Gasteiger partial charge in [-0.15, -0.1) is 0 Å². The van der Waals surface area contributed by atoms with Crippen LogP contribution in [0.4, 0.5) is 5.69 Å². The first-order valence-corrected chi connectivity index (χ1v) is 10.2. The predicted octanol–water partition coefficient (Wildman–Crippen LogP) is 7.68. The molecule has 0 saturated heterocycles. The highest BCUT2D eigenvalue weighted by atomic mass is 35.5. The fourth-order valence-electron chi connectivity index (χ4n) is 2.67. The predicted molar refractivity (Wildman–Crippen MR) is 122 cm³/mol. The summed E-state index contributed by atoms with van der Waals surface area (Å²) in [5.41, 5.74) is 3.62. The molecule has 0 bridgehead atoms. The van der Waals surface area contributed by atoms with Gasteiger partial charge in [0.05, 0.1) is 17.3 Å². The third kappa shape index (κ3) is 5.89. The SMILES string of the molecule is CCOc1cc(C=Nc2cc(Cl)ccc2C)cc(Cl)c1OCc1ccc(Cl)cc1. The minimum atomic E-state index is 0.353. The second-order valence-corrected chi connectivity index (χ2v) is 7.65. The van der Waals surface area contributed by atoms with E-state index < -0.39 is 0 Å². The molecule has 0 N–H and O–H groups in total. The first-order valence-electron chi connectivity index (χ1n) is 9.10. The minimum absolute atomic E-state index is 0.353. The minimum Gasteiger partial charge on any atom is -0.490 e. The van der Waals surface area contributed by atoms with E-state index in [1.54, 1.807) is 12.3 Å². The van der Waals surface area contributed by atoms with Crippen LogP contribution in [0.15, 0.2) is 59.6 Å². The van der Waals surface area contributed by atoms with Gasteiger partial charge in [-0.05, 0) is 66.9 Å². The summed E-state index contributed by atoms with van der Waals surface area (Å²) in [5.74, 6) is 1.07. The van der Waals surface area contributed by atoms with Crippen LogP contribution in [0.25, 0.3) is 0 Å². The Bertz CT molecular complexity index is 1020. The molecule has 6 heteroatoms. The van der Waals surface area contributed by atoms with Gasteiger partial charge in [-0.25, -0.2) is 0 Å². The maximum atomic E-state index is 6.49. The fourth-order valence-corrected chi connectivity index (χ4v) is 3.23. The van der Waals surface area contributed by atoms with Gasteiger partial charge in [-0.1, -0.05) is 53.0 Å². The summed E-state index contributed by atoms with van der Waals surface area (Å²) in [6.07, 6.45) is 1.73. The normalized spacial score (nSPS) is 11.1. The van der Waals surface area contributed by atoms with Gasteiger partial charge in [0.2, 0.25) is 0 Å². The van der Waals surface area contributed by atoms with Crippen molar-refractivity contribution >= 4 is 46.7 Å². The van der Waals surface area contributed by atoms with Crippen LogP contribution in [0.1, 0.15) is 23.6 Å². The Morgan fingerprint density at radius 3 is 2.34 bits per heavy atom. The maximum absolute atomic E-state index is 6.49. The molecule has 0 spiro atoms. The number of rotatable bonds is 7. The zero-order chi connectivity index (χ0) is 20.8. The van der Waals surface area contributed by atoms with Gasteiger partial charge >= 0.3 is 0 Å². The molecule has 0 atom stereocenters. The molecule has 0 amide bonds. The van der Waals surface area contributed by atoms with Crippen LogP contribution in [-0.4, -0.2) is 12.8 Å². The number of aryl methyl sites for hydroxylation is 1. The molecule has 150 valence electrons. The molecular weight excluding hydrogens is 429 g/mol. The van der Waals surface area contributed by atoms with Crippen molar-refractivity contribution in [1.29, 1.82) is 0 Å². The Labute approximate surface area is 185 Å². The quantitative estimate of drug-likeness (QED) is 0.347. The smallest absolute Gasteiger partial charge is 0.180 e. The molecule has 29 heavy (non-hydrogen) atoms. The van der Waals surface area contributed by atoms with Gasteiger partial charge in [-0.2, -0.15) is 0 Å². The molecule has 3 aromatic carbocycles. The Morgan fingerprint density at radius 2 is 1.62 bits per heavy atom. The Balaban J connectivity index is 1.84. The molecule has 3 aromatic rings. The molecule has 0 aliphatic carbocycles. The molecule has 0 aromatic heterocycles. The number of halogens is 3. The topological polar surface area (TPSA) is 30.8 Å². The largest absolute Gasteiger partial charge is 0.490 e. The average molecular weight is 449 g/mol. The zero-order valence-electron chi connectivity index (χ0n) is 16.1. The van der Waals surface area contributed by atoms with Crippen molar-refractivity contribution in [2.24, 2.45) is 4.99 Å². The van der Waals surface area contributed by atoms with E-state index in [0.717, 1.165) is 22.4 Å². The van der Waals surface area contributed by atoms with Crippen molar-refractivity contribution in [2.75, 3.05) is 6.61 Å². The molecule has 0 aliphatic heterocycles. The van der Waals surface area contributed by atoms with Crippen molar-refractivity contribution in [1.82, 2.24) is 0 Å². The van der Waals surface area contributed by atoms with Gasteiger partial charge in [0.15, 0.2) is 11.5 Å². The van der Waals surface area contributed by atoms with E-state index in [-0.39, 0.29) is 0 Å². The van der Waals surface area contributed by atoms with Crippen LogP contribution in [0.2, 0.25) is 15.1 Å². The summed E-state index contributed by atoms with van der Waals surface area (Å²) < 4.78 is 11.7. The standard InChI is InChI=1S/C23H20Cl3NO2/c1-3-28-22-11-17(13-27-21-12-19(25)7-4-15(21)2)10-20(26)23(22)29-14-16-5-8-18(24)9-6-16/h4-13H,3,14H2,1-2H3. The van der Waals surface area contributed by atoms with Gasteiger partial charge in [0, 0.05) is 16.3 Å². The first-order chi connectivity index (χ1) is 14.0. The number of ether oxygens (including phenoxy) is 2. The van der Waals surface area contributed by atoms with E-state index in [1.165, 1.54) is 0 Å². The van der Waals surface area contributed by atoms with E-state index >= 15 is 0 Å². The monoisotopic (exact) mass is 447 g/mol. The van der Waals surface area contributed by atoms with Gasteiger partial charge < -0.3 is 9.47 Å². The second kappa shape index (κ2) is 10.0. The molecule has 3 nitrogen and oxygen atoms in total. The van der Waals surface area contributed by atoms with Crippen molar-refractivity contribution in [2.45, 2.75) is 20.5 Å². The second-order valence-electron chi connectivity index (χ2n) is 6.37. The number of nitrogens with zero attached hydrogens (tertiary/aromatic N) is 1. The van der Waals surface area contributed by atoms with E-state index in [9.17, 15) is 0 Å². The highest BCUT2D eigenvalue weighted by Gasteiger charge is 2.13. The summed E-state index contributed by atoms with van der Waals surface area (Å²) in [4.78, 5) is 4.53. The number of aliphatic imine (C=N–C) groups is 1. The number of hydrogen-bond acceptors (Lipinski definition) is 3. The van der Waals surface area contributed by atoms with Crippen LogP contribution >= 0.6 is 34.8 Å². The molecule has 0 aliphatic rings. The first kappa shape index (κ1) is 21.5. The van der Waals surface area contributed by atoms with Crippen molar-refractivity contribution in [3.63, 3.8) is 0 Å². The van der Waals surface area contributed by atoms with Crippen LogP contribution < -0.4 is 9.47 Å². The molecule has 0 heterocycles. The van der Waals surface area contributed by atoms with Gasteiger partial charge in [-0.3, -0.25) is 4.99 Å². The van der Waals surface area contributed by atoms with Gasteiger partial charge in [0.1, 0.15) is 6.61 Å². The Hall–Kier alpha value is -2.20. The molecule has 0 saturated carbocycles. The number of benzene rings is 3. The van der Waals surface area contributed by atoms with Crippen LogP contribution in [-0.2, 0) is 6.61 Å². The van der Waals surface area contributed by atoms with E-state index in [0.29, 0.717) is 39.8 Å². The summed E-state index contributed by atoms with van der Waals surface area (Å²) >= 11 is 18.5. The lowest BCUT2D eigenvalue weighted by atomic mass is 10.2. The molecule has 0 unspecified atom stereocenters. The molecule has 0 radical (unpaired) electrons. The average Bonchev–Trinajstić information content (AvgIpc) is 2.69. The van der Waals surface area contributed by atoms with Gasteiger partial charge in [0.25, 0.3) is 0 Å². The lowest BCUT2D eigenvalue weighted by molar-refractivity contribution is 0.269. The summed E-state index contributed by atoms with van der Waals surface area (Å²) in [7, 11) is 0. The van der Waals surface area contributed by atoms with Crippen LogP contribution in [0, 0.1) is 6.92 Å². The van der Waals surface area contributed by atoms with E-state index in [4.69, 9.17) is 44.3 Å². The zero-order valence-corrected chi connectivity index (χ0v) is 18.4. The van der Waals surface area contributed by atoms with Crippen LogP contribution in [0.3, 0.4) is 0 Å². The van der Waals surface area contributed by atoms with E-state index in [2.05, 4.69) is 4.99 Å². The van der Waals surface area contributed by atoms with E-state index in [1.807, 2.05) is 62.4 Å². The Morgan fingerprint density at radius 1 is 0.897 bits per heavy atom. The lowest BCUT2D eigenvalue weighted by Crippen LogP contribution is -2.01. The molecular formula is C23H20Cl3NO2. The fraction of sp³-hybridized carbons (Fsp3) is 0.174. The summed E-state index contributed by atoms with van der Waals surface area (Å²) in [6.45, 7) is 4.73.